The van der Waals surface area contributed by atoms with Crippen molar-refractivity contribution < 1.29 is 13.2 Å². The summed E-state index contributed by atoms with van der Waals surface area (Å²) in [4.78, 5) is 13.0. The molecule has 4 N–H and O–H groups in total. The smallest absolute Gasteiger partial charge is 0.247 e. The number of carbonyl (C=O) groups is 1. The normalized spacial score (nSPS) is 18.0. The molecule has 1 atom stereocenters. The van der Waals surface area contributed by atoms with Gasteiger partial charge in [0, 0.05) is 16.5 Å². The van der Waals surface area contributed by atoms with Crippen LogP contribution < -0.4 is 10.5 Å². The third-order valence-electron chi connectivity index (χ3n) is 3.74. The fourth-order valence-corrected chi connectivity index (χ4v) is 4.28. The summed E-state index contributed by atoms with van der Waals surface area (Å²) >= 11 is 1.08. The van der Waals surface area contributed by atoms with E-state index in [9.17, 15) is 13.2 Å². The molecule has 7 nitrogen and oxygen atoms in total. The van der Waals surface area contributed by atoms with Crippen molar-refractivity contribution in [2.45, 2.75) is 30.0 Å². The van der Waals surface area contributed by atoms with E-state index in [1.54, 1.807) is 12.3 Å². The molecule has 0 bridgehead atoms. The molecule has 0 saturated carbocycles. The first kappa shape index (κ1) is 15.2. The molecule has 2 aromatic heterocycles. The zero-order valence-electron chi connectivity index (χ0n) is 11.7. The van der Waals surface area contributed by atoms with Crippen molar-refractivity contribution in [1.29, 1.82) is 0 Å². The third-order valence-corrected chi connectivity index (χ3v) is 6.27. The van der Waals surface area contributed by atoms with Crippen LogP contribution in [0.1, 0.15) is 22.6 Å². The number of H-pyrrole nitrogens is 1. The van der Waals surface area contributed by atoms with Gasteiger partial charge in [-0.05, 0) is 37.0 Å². The maximum atomic E-state index is 12.2. The largest absolute Gasteiger partial charge is 0.351 e. The van der Waals surface area contributed by atoms with E-state index >= 15 is 0 Å². The average Bonchev–Trinajstić information content (AvgIpc) is 3.12. The molecule has 0 aliphatic heterocycles. The molecule has 1 amide bonds. The van der Waals surface area contributed by atoms with E-state index in [0.29, 0.717) is 13.0 Å². The lowest BCUT2D eigenvalue weighted by Crippen LogP contribution is -2.33. The van der Waals surface area contributed by atoms with Crippen LogP contribution in [-0.4, -0.2) is 24.5 Å². The van der Waals surface area contributed by atoms with Gasteiger partial charge in [-0.2, -0.15) is 5.10 Å². The Kier molecular flexibility index (Phi) is 4.02. The summed E-state index contributed by atoms with van der Waals surface area (Å²) in [5.74, 6) is -0.0832. The number of nitrogens with zero attached hydrogens (tertiary/aromatic N) is 1. The molecule has 3 rings (SSSR count). The number of hydrogen-bond donors (Lipinski definition) is 3. The number of primary sulfonamides is 1. The summed E-state index contributed by atoms with van der Waals surface area (Å²) in [6.45, 7) is 0.313. The fraction of sp³-hybridized carbons (Fsp3) is 0.385. The van der Waals surface area contributed by atoms with Gasteiger partial charge in [-0.25, -0.2) is 13.6 Å². The van der Waals surface area contributed by atoms with E-state index in [0.717, 1.165) is 40.3 Å². The van der Waals surface area contributed by atoms with Gasteiger partial charge in [0.15, 0.2) is 0 Å². The van der Waals surface area contributed by atoms with Crippen molar-refractivity contribution in [1.82, 2.24) is 15.5 Å². The molecule has 2 heterocycles. The van der Waals surface area contributed by atoms with Crippen molar-refractivity contribution in [3.8, 4) is 0 Å². The molecule has 0 fully saturated rings. The number of nitrogens with one attached hydrogen (secondary N) is 2. The molecular formula is C13H16N4O3S2. The van der Waals surface area contributed by atoms with Crippen molar-refractivity contribution >= 4 is 27.3 Å². The quantitative estimate of drug-likeness (QED) is 0.753. The predicted molar refractivity (Wildman–Crippen MR) is 81.6 cm³/mol. The van der Waals surface area contributed by atoms with Crippen LogP contribution in [0.5, 0.6) is 0 Å². The lowest BCUT2D eigenvalue weighted by molar-refractivity contribution is -0.125. The highest BCUT2D eigenvalue weighted by molar-refractivity contribution is 7.91. The minimum absolute atomic E-state index is 0.0163. The molecule has 1 aliphatic carbocycles. The van der Waals surface area contributed by atoms with Crippen molar-refractivity contribution in [2.24, 2.45) is 11.1 Å². The standard InChI is InChI=1S/C13H16N4O3S2/c14-22(19,20)12-4-2-10(21-12)7-15-13(18)8-1-3-11-9(5-8)6-16-17-11/h2,4,6,8H,1,3,5,7H2,(H,15,18)(H,16,17)(H2,14,19,20). The number of thiophene rings is 1. The van der Waals surface area contributed by atoms with Crippen molar-refractivity contribution in [3.05, 3.63) is 34.5 Å². The molecular weight excluding hydrogens is 324 g/mol. The first-order valence-electron chi connectivity index (χ1n) is 6.84. The lowest BCUT2D eigenvalue weighted by atomic mass is 9.87. The number of nitrogens with two attached hydrogens (primary N) is 1. The van der Waals surface area contributed by atoms with E-state index < -0.39 is 10.0 Å². The molecule has 0 spiro atoms. The lowest BCUT2D eigenvalue weighted by Gasteiger charge is -2.20. The second-order valence-corrected chi connectivity index (χ2v) is 8.25. The summed E-state index contributed by atoms with van der Waals surface area (Å²) in [6.07, 6.45) is 4.06. The van der Waals surface area contributed by atoms with Crippen LogP contribution in [-0.2, 0) is 34.2 Å². The Balaban J connectivity index is 1.58. The Hall–Kier alpha value is -1.71. The number of sulfonamides is 1. The fourth-order valence-electron chi connectivity index (χ4n) is 2.56. The van der Waals surface area contributed by atoms with Crippen LogP contribution in [0.25, 0.3) is 0 Å². The Labute approximate surface area is 132 Å². The monoisotopic (exact) mass is 340 g/mol. The van der Waals surface area contributed by atoms with Gasteiger partial charge in [-0.1, -0.05) is 0 Å². The molecule has 2 aromatic rings. The van der Waals surface area contributed by atoms with E-state index in [-0.39, 0.29) is 16.0 Å². The highest BCUT2D eigenvalue weighted by atomic mass is 32.2. The Bertz CT molecular complexity index is 794. The zero-order valence-corrected chi connectivity index (χ0v) is 13.3. The average molecular weight is 340 g/mol. The number of aryl methyl sites for hydroxylation is 1. The molecule has 0 saturated heterocycles. The van der Waals surface area contributed by atoms with Gasteiger partial charge >= 0.3 is 0 Å². The highest BCUT2D eigenvalue weighted by Gasteiger charge is 2.25. The molecule has 0 radical (unpaired) electrons. The van der Waals surface area contributed by atoms with Gasteiger partial charge in [-0.15, -0.1) is 11.3 Å². The summed E-state index contributed by atoms with van der Waals surface area (Å²) < 4.78 is 22.5. The van der Waals surface area contributed by atoms with E-state index in [1.165, 1.54) is 6.07 Å². The predicted octanol–water partition coefficient (Wildman–Crippen LogP) is 0.540. The van der Waals surface area contributed by atoms with Crippen LogP contribution in [0.2, 0.25) is 0 Å². The van der Waals surface area contributed by atoms with Crippen LogP contribution in [0.15, 0.2) is 22.5 Å². The third kappa shape index (κ3) is 3.21. The molecule has 1 unspecified atom stereocenters. The van der Waals surface area contributed by atoms with Crippen molar-refractivity contribution in [2.75, 3.05) is 0 Å². The topological polar surface area (TPSA) is 118 Å². The van der Waals surface area contributed by atoms with E-state index in [1.807, 2.05) is 0 Å². The number of rotatable bonds is 4. The van der Waals surface area contributed by atoms with E-state index in [4.69, 9.17) is 5.14 Å². The number of amides is 1. The molecule has 118 valence electrons. The summed E-state index contributed by atoms with van der Waals surface area (Å²) in [5.41, 5.74) is 2.21. The number of carbonyl (C=O) groups excluding carboxylic acids is 1. The molecule has 0 aromatic carbocycles. The molecule has 22 heavy (non-hydrogen) atoms. The first-order valence-corrected chi connectivity index (χ1v) is 9.20. The van der Waals surface area contributed by atoms with Gasteiger partial charge < -0.3 is 5.32 Å². The highest BCUT2D eigenvalue weighted by Crippen LogP contribution is 2.24. The van der Waals surface area contributed by atoms with Gasteiger partial charge in [-0.3, -0.25) is 9.89 Å². The van der Waals surface area contributed by atoms with E-state index in [2.05, 4.69) is 15.5 Å². The number of aromatic nitrogens is 2. The second-order valence-electron chi connectivity index (χ2n) is 5.30. The minimum Gasteiger partial charge on any atom is -0.351 e. The summed E-state index contributed by atoms with van der Waals surface area (Å²) in [7, 11) is -3.67. The number of fused-ring (bicyclic) bond motifs is 1. The van der Waals surface area contributed by atoms with Crippen LogP contribution >= 0.6 is 11.3 Å². The molecule has 1 aliphatic rings. The van der Waals surface area contributed by atoms with Gasteiger partial charge in [0.1, 0.15) is 4.21 Å². The minimum atomic E-state index is -3.67. The Morgan fingerprint density at radius 1 is 1.50 bits per heavy atom. The first-order chi connectivity index (χ1) is 10.4. The van der Waals surface area contributed by atoms with Crippen LogP contribution in [0, 0.1) is 5.92 Å². The summed E-state index contributed by atoms with van der Waals surface area (Å²) in [5, 5.41) is 14.9. The van der Waals surface area contributed by atoms with Gasteiger partial charge in [0.25, 0.3) is 0 Å². The molecule has 9 heteroatoms. The SMILES string of the molecule is NS(=O)(=O)c1ccc(CNC(=O)C2CCc3[nH]ncc3C2)s1. The van der Waals surface area contributed by atoms with Gasteiger partial charge in [0.2, 0.25) is 15.9 Å². The Morgan fingerprint density at radius 2 is 2.32 bits per heavy atom. The Morgan fingerprint density at radius 3 is 3.05 bits per heavy atom. The number of aromatic amines is 1. The zero-order chi connectivity index (χ0) is 15.7. The van der Waals surface area contributed by atoms with Crippen LogP contribution in [0.3, 0.4) is 0 Å². The van der Waals surface area contributed by atoms with Crippen molar-refractivity contribution in [3.63, 3.8) is 0 Å². The maximum absolute atomic E-state index is 12.2. The van der Waals surface area contributed by atoms with Crippen LogP contribution in [0.4, 0.5) is 0 Å². The second kappa shape index (κ2) is 5.82. The summed E-state index contributed by atoms with van der Waals surface area (Å²) in [6, 6.07) is 3.12. The maximum Gasteiger partial charge on any atom is 0.247 e. The number of hydrogen-bond acceptors (Lipinski definition) is 5. The van der Waals surface area contributed by atoms with Gasteiger partial charge in [0.05, 0.1) is 12.7 Å².